The molecule has 0 fully saturated rings. The first kappa shape index (κ1) is 25.0. The highest BCUT2D eigenvalue weighted by Crippen LogP contribution is 2.18. The van der Waals surface area contributed by atoms with Crippen LogP contribution in [0.4, 0.5) is 0 Å². The van der Waals surface area contributed by atoms with Gasteiger partial charge in [-0.05, 0) is 13.3 Å². The molecule has 0 aliphatic heterocycles. The minimum absolute atomic E-state index is 0.156. The van der Waals surface area contributed by atoms with Crippen molar-refractivity contribution in [2.75, 3.05) is 33.0 Å². The lowest BCUT2D eigenvalue weighted by atomic mass is 9.88. The molecule has 0 saturated heterocycles. The van der Waals surface area contributed by atoms with Crippen LogP contribution in [0, 0.1) is 5.41 Å². The van der Waals surface area contributed by atoms with Crippen LogP contribution in [0.2, 0.25) is 0 Å². The van der Waals surface area contributed by atoms with Crippen LogP contribution in [-0.2, 0) is 4.79 Å². The fourth-order valence-electron chi connectivity index (χ4n) is 0.543. The van der Waals surface area contributed by atoms with Gasteiger partial charge in [0.25, 0.3) is 0 Å². The Labute approximate surface area is 124 Å². The molecule has 0 aliphatic carbocycles. The van der Waals surface area contributed by atoms with Crippen LogP contribution in [0.25, 0.3) is 0 Å². The van der Waals surface area contributed by atoms with Crippen LogP contribution < -0.4 is 0 Å². The van der Waals surface area contributed by atoms with E-state index in [4.69, 9.17) is 35.7 Å². The van der Waals surface area contributed by atoms with Crippen LogP contribution in [0.1, 0.15) is 20.3 Å². The third-order valence-corrected chi connectivity index (χ3v) is 2.54. The summed E-state index contributed by atoms with van der Waals surface area (Å²) in [4.78, 5) is 9.60. The number of hydrogen-bond donors (Lipinski definition) is 7. The summed E-state index contributed by atoms with van der Waals surface area (Å²) >= 11 is 0. The Morgan fingerprint density at radius 3 is 1.33 bits per heavy atom. The Hall–Kier alpha value is -1.03. The van der Waals surface area contributed by atoms with E-state index in [1.807, 2.05) is 6.92 Å². The van der Waals surface area contributed by atoms with Crippen LogP contribution in [0.15, 0.2) is 12.2 Å². The van der Waals surface area contributed by atoms with Crippen molar-refractivity contribution in [1.29, 1.82) is 0 Å². The summed E-state index contributed by atoms with van der Waals surface area (Å²) in [6, 6.07) is 0. The zero-order valence-corrected chi connectivity index (χ0v) is 12.6. The topological polar surface area (TPSA) is 159 Å². The van der Waals surface area contributed by atoms with Gasteiger partial charge >= 0.3 is 5.97 Å². The maximum atomic E-state index is 9.60. The van der Waals surface area contributed by atoms with Gasteiger partial charge in [0, 0.05) is 11.0 Å². The summed E-state index contributed by atoms with van der Waals surface area (Å²) in [5.74, 6) is -0.935. The van der Waals surface area contributed by atoms with E-state index in [9.17, 15) is 4.79 Å². The molecule has 0 amide bonds. The zero-order chi connectivity index (χ0) is 17.5. The highest BCUT2D eigenvalue weighted by molar-refractivity contribution is 5.84. The molecular weight excluding hydrogens is 284 g/mol. The molecule has 0 unspecified atom stereocenters. The second-order valence-electron chi connectivity index (χ2n) is 4.43. The van der Waals surface area contributed by atoms with Crippen LogP contribution in [-0.4, -0.2) is 80.9 Å². The monoisotopic (exact) mass is 312 g/mol. The van der Waals surface area contributed by atoms with E-state index in [1.165, 1.54) is 6.92 Å². The summed E-state index contributed by atoms with van der Waals surface area (Å²) in [5.41, 5.74) is -0.491. The lowest BCUT2D eigenvalue weighted by molar-refractivity contribution is -0.132. The van der Waals surface area contributed by atoms with Gasteiger partial charge in [-0.3, -0.25) is 0 Å². The number of hydrogen-bond acceptors (Lipinski definition) is 7. The molecule has 8 nitrogen and oxygen atoms in total. The van der Waals surface area contributed by atoms with Crippen molar-refractivity contribution in [2.45, 2.75) is 26.4 Å². The Kier molecular flexibility index (Phi) is 18.3. The summed E-state index contributed by atoms with van der Waals surface area (Å²) in [7, 11) is 0. The molecule has 8 heteroatoms. The SMILES string of the molecule is C=C(C)C(=O)O.CCC(CO)(CO)CO.OCC(O)CO. The van der Waals surface area contributed by atoms with Crippen LogP contribution in [0.3, 0.4) is 0 Å². The van der Waals surface area contributed by atoms with E-state index >= 15 is 0 Å². The highest BCUT2D eigenvalue weighted by atomic mass is 16.4. The number of rotatable bonds is 7. The van der Waals surface area contributed by atoms with Crippen molar-refractivity contribution in [3.05, 3.63) is 12.2 Å². The van der Waals surface area contributed by atoms with Gasteiger partial charge < -0.3 is 35.7 Å². The summed E-state index contributed by atoms with van der Waals surface area (Å²) in [6.45, 7) is 5.23. The molecule has 0 atom stereocenters. The predicted octanol–water partition coefficient (Wildman–Crippen LogP) is -1.66. The molecular formula is C13H28O8. The zero-order valence-electron chi connectivity index (χ0n) is 12.6. The predicted molar refractivity (Wildman–Crippen MR) is 76.6 cm³/mol. The number of aliphatic hydroxyl groups excluding tert-OH is 6. The Balaban J connectivity index is -0.000000240. The molecule has 0 aliphatic rings. The molecule has 0 radical (unpaired) electrons. The number of carboxylic acids is 1. The number of carboxylic acid groups (broad SMARTS) is 1. The van der Waals surface area contributed by atoms with E-state index in [0.717, 1.165) is 0 Å². The molecule has 7 N–H and O–H groups in total. The Morgan fingerprint density at radius 1 is 1.05 bits per heavy atom. The normalized spacial score (nSPS) is 10.1. The van der Waals surface area contributed by atoms with Gasteiger partial charge in [-0.2, -0.15) is 0 Å². The molecule has 128 valence electrons. The molecule has 0 aromatic heterocycles. The number of carbonyl (C=O) groups is 1. The first-order chi connectivity index (χ1) is 9.69. The Bertz CT molecular complexity index is 229. The van der Waals surface area contributed by atoms with Crippen molar-refractivity contribution in [3.8, 4) is 0 Å². The average Bonchev–Trinajstić information content (AvgIpc) is 2.50. The van der Waals surface area contributed by atoms with Gasteiger partial charge in [0.05, 0.1) is 33.0 Å². The second kappa shape index (κ2) is 15.4. The van der Waals surface area contributed by atoms with Crippen molar-refractivity contribution >= 4 is 5.97 Å². The van der Waals surface area contributed by atoms with Gasteiger partial charge in [-0.25, -0.2) is 4.79 Å². The minimum atomic E-state index is -0.954. The summed E-state index contributed by atoms with van der Waals surface area (Å²) in [6.07, 6.45) is -0.360. The van der Waals surface area contributed by atoms with E-state index in [2.05, 4.69) is 6.58 Å². The largest absolute Gasteiger partial charge is 0.478 e. The second-order valence-corrected chi connectivity index (χ2v) is 4.43. The summed E-state index contributed by atoms with van der Waals surface area (Å²) < 4.78 is 0. The third kappa shape index (κ3) is 15.2. The lowest BCUT2D eigenvalue weighted by Gasteiger charge is -2.24. The standard InChI is InChI=1S/C6H14O3.C4H6O2.C3H8O3/c1-2-6(3-7,4-8)5-9;1-3(2)4(5)6;4-1-3(6)2-5/h7-9H,2-5H2,1H3;1H2,2H3,(H,5,6);3-6H,1-2H2. The number of aliphatic hydroxyl groups is 6. The lowest BCUT2D eigenvalue weighted by Crippen LogP contribution is -2.32. The molecule has 0 aromatic carbocycles. The van der Waals surface area contributed by atoms with Gasteiger partial charge in [-0.1, -0.05) is 13.5 Å². The molecule has 21 heavy (non-hydrogen) atoms. The average molecular weight is 312 g/mol. The first-order valence-corrected chi connectivity index (χ1v) is 6.31. The van der Waals surface area contributed by atoms with Crippen molar-refractivity contribution < 1.29 is 40.5 Å². The van der Waals surface area contributed by atoms with E-state index in [-0.39, 0.29) is 38.6 Å². The van der Waals surface area contributed by atoms with Crippen molar-refractivity contribution in [1.82, 2.24) is 0 Å². The fourth-order valence-corrected chi connectivity index (χ4v) is 0.543. The van der Waals surface area contributed by atoms with Gasteiger partial charge in [0.1, 0.15) is 6.10 Å². The minimum Gasteiger partial charge on any atom is -0.478 e. The molecule has 0 heterocycles. The van der Waals surface area contributed by atoms with Crippen LogP contribution in [0.5, 0.6) is 0 Å². The van der Waals surface area contributed by atoms with E-state index in [1.54, 1.807) is 0 Å². The fraction of sp³-hybridized carbons (Fsp3) is 0.769. The van der Waals surface area contributed by atoms with Gasteiger partial charge in [-0.15, -0.1) is 0 Å². The van der Waals surface area contributed by atoms with E-state index in [0.29, 0.717) is 6.42 Å². The van der Waals surface area contributed by atoms with Gasteiger partial charge in [0.2, 0.25) is 0 Å². The third-order valence-electron chi connectivity index (χ3n) is 2.54. The smallest absolute Gasteiger partial charge is 0.330 e. The van der Waals surface area contributed by atoms with Crippen molar-refractivity contribution in [3.63, 3.8) is 0 Å². The number of aliphatic carboxylic acids is 1. The molecule has 0 aromatic rings. The quantitative estimate of drug-likeness (QED) is 0.275. The molecule has 0 spiro atoms. The molecule has 0 rings (SSSR count). The van der Waals surface area contributed by atoms with Gasteiger partial charge in [0.15, 0.2) is 0 Å². The maximum Gasteiger partial charge on any atom is 0.330 e. The highest BCUT2D eigenvalue weighted by Gasteiger charge is 2.24. The first-order valence-electron chi connectivity index (χ1n) is 6.31. The van der Waals surface area contributed by atoms with Crippen molar-refractivity contribution in [2.24, 2.45) is 5.41 Å². The Morgan fingerprint density at radius 2 is 1.33 bits per heavy atom. The van der Waals surface area contributed by atoms with Crippen LogP contribution >= 0.6 is 0 Å². The maximum absolute atomic E-state index is 9.60. The summed E-state index contributed by atoms with van der Waals surface area (Å²) in [5, 5.41) is 57.9. The molecule has 0 saturated carbocycles. The van der Waals surface area contributed by atoms with E-state index < -0.39 is 17.5 Å². The molecule has 0 bridgehead atoms.